The predicted octanol–water partition coefficient (Wildman–Crippen LogP) is 2.54. The summed E-state index contributed by atoms with van der Waals surface area (Å²) < 4.78 is 1.74. The van der Waals surface area contributed by atoms with Gasteiger partial charge in [-0.15, -0.1) is 20.4 Å². The summed E-state index contributed by atoms with van der Waals surface area (Å²) in [6.07, 6.45) is 0.776. The van der Waals surface area contributed by atoms with E-state index in [0.29, 0.717) is 26.7 Å². The normalized spacial score (nSPS) is 10.7. The number of nitrogens with one attached hydrogen (secondary N) is 2. The van der Waals surface area contributed by atoms with E-state index in [4.69, 9.17) is 11.6 Å². The Morgan fingerprint density at radius 1 is 1.17 bits per heavy atom. The van der Waals surface area contributed by atoms with Crippen molar-refractivity contribution in [2.75, 3.05) is 11.1 Å². The number of anilines is 1. The predicted molar refractivity (Wildman–Crippen MR) is 112 cm³/mol. The summed E-state index contributed by atoms with van der Waals surface area (Å²) in [5, 5.41) is 24.0. The number of halogens is 1. The standard InChI is InChI=1S/C17H18ClN7O2S2/c1-3-14-22-23-16(29-14)20-13(26)9-28-17-24-21-12(25(17)2)8-19-15(27)10-4-6-11(18)7-5-10/h4-7H,3,8-9H2,1-2H3,(H,19,27)(H,20,23,26). The highest BCUT2D eigenvalue weighted by Crippen LogP contribution is 2.18. The lowest BCUT2D eigenvalue weighted by Crippen LogP contribution is -2.24. The fraction of sp³-hybridized carbons (Fsp3) is 0.294. The molecule has 0 aliphatic carbocycles. The smallest absolute Gasteiger partial charge is 0.251 e. The maximum absolute atomic E-state index is 12.2. The number of carbonyl (C=O) groups excluding carboxylic acids is 2. The molecule has 0 radical (unpaired) electrons. The van der Waals surface area contributed by atoms with Gasteiger partial charge in [0, 0.05) is 17.6 Å². The molecule has 2 amide bonds. The zero-order valence-electron chi connectivity index (χ0n) is 15.7. The Bertz CT molecular complexity index is 1000. The molecule has 0 spiro atoms. The molecule has 0 fully saturated rings. The number of aromatic nitrogens is 5. The molecule has 1 aromatic carbocycles. The minimum atomic E-state index is -0.234. The van der Waals surface area contributed by atoms with Crippen molar-refractivity contribution in [3.05, 3.63) is 45.7 Å². The Balaban J connectivity index is 1.50. The average Bonchev–Trinajstić information content (AvgIpc) is 3.31. The SMILES string of the molecule is CCc1nnc(NC(=O)CSc2nnc(CNC(=O)c3ccc(Cl)cc3)n2C)s1. The molecule has 0 atom stereocenters. The Morgan fingerprint density at radius 2 is 1.93 bits per heavy atom. The van der Waals surface area contributed by atoms with Crippen molar-refractivity contribution < 1.29 is 9.59 Å². The molecule has 0 aliphatic rings. The number of benzene rings is 1. The summed E-state index contributed by atoms with van der Waals surface area (Å²) in [5.41, 5.74) is 0.505. The van der Waals surface area contributed by atoms with Crippen LogP contribution >= 0.6 is 34.7 Å². The molecule has 3 aromatic rings. The van der Waals surface area contributed by atoms with Crippen LogP contribution in [-0.4, -0.2) is 42.5 Å². The first-order valence-corrected chi connectivity index (χ1v) is 10.8. The van der Waals surface area contributed by atoms with Gasteiger partial charge >= 0.3 is 0 Å². The summed E-state index contributed by atoms with van der Waals surface area (Å²) in [6.45, 7) is 2.19. The van der Waals surface area contributed by atoms with Gasteiger partial charge in [-0.3, -0.25) is 14.9 Å². The van der Waals surface area contributed by atoms with Crippen molar-refractivity contribution in [3.63, 3.8) is 0 Å². The van der Waals surface area contributed by atoms with Gasteiger partial charge in [0.25, 0.3) is 5.91 Å². The lowest BCUT2D eigenvalue weighted by molar-refractivity contribution is -0.113. The molecule has 0 aliphatic heterocycles. The second-order valence-electron chi connectivity index (χ2n) is 5.84. The van der Waals surface area contributed by atoms with E-state index in [1.807, 2.05) is 6.92 Å². The van der Waals surface area contributed by atoms with E-state index in [2.05, 4.69) is 31.0 Å². The van der Waals surface area contributed by atoms with Crippen molar-refractivity contribution in [1.29, 1.82) is 0 Å². The highest BCUT2D eigenvalue weighted by Gasteiger charge is 2.14. The first-order valence-electron chi connectivity index (χ1n) is 8.63. The van der Waals surface area contributed by atoms with Gasteiger partial charge in [0.15, 0.2) is 11.0 Å². The summed E-state index contributed by atoms with van der Waals surface area (Å²) >= 11 is 8.43. The van der Waals surface area contributed by atoms with Gasteiger partial charge in [-0.1, -0.05) is 41.6 Å². The zero-order chi connectivity index (χ0) is 20.8. The number of nitrogens with zero attached hydrogens (tertiary/aromatic N) is 5. The number of carbonyl (C=O) groups is 2. The van der Waals surface area contributed by atoms with Crippen molar-refractivity contribution in [1.82, 2.24) is 30.3 Å². The van der Waals surface area contributed by atoms with Gasteiger partial charge < -0.3 is 9.88 Å². The third-order valence-corrected chi connectivity index (χ3v) is 6.04. The van der Waals surface area contributed by atoms with Crippen LogP contribution in [0, 0.1) is 0 Å². The number of rotatable bonds is 8. The maximum atomic E-state index is 12.2. The van der Waals surface area contributed by atoms with Gasteiger partial charge in [-0.25, -0.2) is 0 Å². The third-order valence-electron chi connectivity index (χ3n) is 3.79. The summed E-state index contributed by atoms with van der Waals surface area (Å²) in [4.78, 5) is 24.3. The first kappa shape index (κ1) is 21.2. The fourth-order valence-corrected chi connectivity index (χ4v) is 3.77. The molecule has 2 N–H and O–H groups in total. The number of hydrogen-bond acceptors (Lipinski definition) is 8. The number of amides is 2. The quantitative estimate of drug-likeness (QED) is 0.505. The van der Waals surface area contributed by atoms with Crippen LogP contribution in [0.2, 0.25) is 5.02 Å². The van der Waals surface area contributed by atoms with E-state index in [1.54, 1.807) is 35.9 Å². The minimum absolute atomic E-state index is 0.157. The molecule has 0 bridgehead atoms. The maximum Gasteiger partial charge on any atom is 0.251 e. The van der Waals surface area contributed by atoms with E-state index in [-0.39, 0.29) is 24.1 Å². The summed E-state index contributed by atoms with van der Waals surface area (Å²) in [7, 11) is 1.78. The summed E-state index contributed by atoms with van der Waals surface area (Å²) in [6, 6.07) is 6.61. The van der Waals surface area contributed by atoms with Gasteiger partial charge in [0.05, 0.1) is 12.3 Å². The van der Waals surface area contributed by atoms with E-state index in [1.165, 1.54) is 23.1 Å². The monoisotopic (exact) mass is 451 g/mol. The molecule has 0 saturated heterocycles. The number of aryl methyl sites for hydroxylation is 1. The van der Waals surface area contributed by atoms with Crippen molar-refractivity contribution >= 4 is 51.6 Å². The minimum Gasteiger partial charge on any atom is -0.345 e. The molecule has 0 saturated carbocycles. The van der Waals surface area contributed by atoms with Crippen LogP contribution < -0.4 is 10.6 Å². The van der Waals surface area contributed by atoms with Gasteiger partial charge in [-0.05, 0) is 30.7 Å². The highest BCUT2D eigenvalue weighted by molar-refractivity contribution is 7.99. The van der Waals surface area contributed by atoms with Crippen LogP contribution in [0.3, 0.4) is 0 Å². The molecule has 2 heterocycles. The molecule has 9 nitrogen and oxygen atoms in total. The van der Waals surface area contributed by atoms with Crippen LogP contribution in [0.5, 0.6) is 0 Å². The number of hydrogen-bond donors (Lipinski definition) is 2. The van der Waals surface area contributed by atoms with Crippen LogP contribution in [0.1, 0.15) is 28.1 Å². The second kappa shape index (κ2) is 9.81. The van der Waals surface area contributed by atoms with E-state index in [0.717, 1.165) is 11.4 Å². The van der Waals surface area contributed by atoms with Crippen LogP contribution in [-0.2, 0) is 24.8 Å². The lowest BCUT2D eigenvalue weighted by Gasteiger charge is -2.06. The van der Waals surface area contributed by atoms with Crippen LogP contribution in [0.15, 0.2) is 29.4 Å². The first-order chi connectivity index (χ1) is 14.0. The molecule has 29 heavy (non-hydrogen) atoms. The zero-order valence-corrected chi connectivity index (χ0v) is 18.1. The Hall–Kier alpha value is -2.50. The Labute approximate surface area is 180 Å². The molecule has 3 rings (SSSR count). The van der Waals surface area contributed by atoms with E-state index in [9.17, 15) is 9.59 Å². The van der Waals surface area contributed by atoms with Gasteiger partial charge in [0.1, 0.15) is 5.01 Å². The largest absolute Gasteiger partial charge is 0.345 e. The third kappa shape index (κ3) is 5.75. The highest BCUT2D eigenvalue weighted by atomic mass is 35.5. The Morgan fingerprint density at radius 3 is 2.62 bits per heavy atom. The van der Waals surface area contributed by atoms with Crippen molar-refractivity contribution in [2.24, 2.45) is 7.05 Å². The van der Waals surface area contributed by atoms with Crippen molar-refractivity contribution in [3.8, 4) is 0 Å². The van der Waals surface area contributed by atoms with Crippen LogP contribution in [0.25, 0.3) is 0 Å². The van der Waals surface area contributed by atoms with E-state index >= 15 is 0 Å². The molecule has 152 valence electrons. The van der Waals surface area contributed by atoms with E-state index < -0.39 is 0 Å². The average molecular weight is 452 g/mol. The molecule has 2 aromatic heterocycles. The molecular weight excluding hydrogens is 434 g/mol. The van der Waals surface area contributed by atoms with Crippen LogP contribution in [0.4, 0.5) is 5.13 Å². The molecule has 12 heteroatoms. The van der Waals surface area contributed by atoms with Gasteiger partial charge in [0.2, 0.25) is 11.0 Å². The Kier molecular flexibility index (Phi) is 7.18. The second-order valence-corrected chi connectivity index (χ2v) is 8.28. The fourth-order valence-electron chi connectivity index (χ4n) is 2.22. The molecule has 0 unspecified atom stereocenters. The lowest BCUT2D eigenvalue weighted by atomic mass is 10.2. The number of thioether (sulfide) groups is 1. The van der Waals surface area contributed by atoms with Crippen molar-refractivity contribution in [2.45, 2.75) is 25.0 Å². The summed E-state index contributed by atoms with van der Waals surface area (Å²) in [5.74, 6) is 0.299. The van der Waals surface area contributed by atoms with Gasteiger partial charge in [-0.2, -0.15) is 0 Å². The molecular formula is C17H18ClN7O2S2. The topological polar surface area (TPSA) is 115 Å².